The Kier molecular flexibility index (Phi) is 7.29. The van der Waals surface area contributed by atoms with E-state index in [0.717, 1.165) is 60.8 Å². The minimum atomic E-state index is 0.143. The van der Waals surface area contributed by atoms with E-state index in [1.807, 2.05) is 37.1 Å². The van der Waals surface area contributed by atoms with Crippen LogP contribution < -0.4 is 0 Å². The number of hydrogen-bond acceptors (Lipinski definition) is 7. The third-order valence-corrected chi connectivity index (χ3v) is 9.44. The molecule has 42 heavy (non-hydrogen) atoms. The largest absolute Gasteiger partial charge is 0.436 e. The van der Waals surface area contributed by atoms with Crippen LogP contribution in [0.3, 0.4) is 0 Å². The number of thiazole rings is 1. The first kappa shape index (κ1) is 28.0. The second kappa shape index (κ2) is 10.9. The number of oxazole rings is 1. The van der Waals surface area contributed by atoms with Crippen molar-refractivity contribution in [3.8, 4) is 33.2 Å². The highest BCUT2D eigenvalue weighted by molar-refractivity contribution is 7.15. The molecule has 0 spiro atoms. The lowest BCUT2D eigenvalue weighted by molar-refractivity contribution is -0.133. The fraction of sp³-hybridized carbons (Fsp3) is 0.294. The number of aldehydes is 1. The van der Waals surface area contributed by atoms with E-state index in [9.17, 15) is 9.59 Å². The molecule has 3 heterocycles. The molecule has 5 aromatic rings. The molecule has 0 fully saturated rings. The zero-order valence-corrected chi connectivity index (χ0v) is 25.6. The minimum Gasteiger partial charge on any atom is -0.436 e. The molecule has 0 atom stereocenters. The van der Waals surface area contributed by atoms with Crippen LogP contribution >= 0.6 is 11.3 Å². The number of nitrogens with zero attached hydrogens (tertiary/aromatic N) is 4. The molecule has 2 aromatic heterocycles. The first-order chi connectivity index (χ1) is 20.1. The summed E-state index contributed by atoms with van der Waals surface area (Å²) in [7, 11) is 1.98. The van der Waals surface area contributed by atoms with Gasteiger partial charge in [0.15, 0.2) is 5.58 Å². The number of aromatic nitrogens is 2. The summed E-state index contributed by atoms with van der Waals surface area (Å²) in [5.41, 5.74) is 10.3. The Labute approximate surface area is 249 Å². The Morgan fingerprint density at radius 1 is 1.00 bits per heavy atom. The number of aryl methyl sites for hydroxylation is 1. The molecular weight excluding hydrogens is 544 g/mol. The van der Waals surface area contributed by atoms with Crippen LogP contribution in [0, 0.1) is 20.8 Å². The van der Waals surface area contributed by atoms with E-state index in [4.69, 9.17) is 14.4 Å². The normalized spacial score (nSPS) is 13.0. The van der Waals surface area contributed by atoms with Crippen LogP contribution in [0.25, 0.3) is 44.3 Å². The summed E-state index contributed by atoms with van der Waals surface area (Å²) < 4.78 is 6.21. The number of hydrogen-bond donors (Lipinski definition) is 0. The molecule has 1 aliphatic heterocycles. The van der Waals surface area contributed by atoms with Crippen LogP contribution in [-0.4, -0.2) is 51.6 Å². The number of carbonyl (C=O) groups is 2. The van der Waals surface area contributed by atoms with Crippen molar-refractivity contribution in [2.45, 2.75) is 53.8 Å². The Morgan fingerprint density at radius 2 is 1.67 bits per heavy atom. The molecular formula is C34H34N4O3S. The van der Waals surface area contributed by atoms with E-state index < -0.39 is 0 Å². The van der Waals surface area contributed by atoms with Gasteiger partial charge < -0.3 is 9.32 Å². The van der Waals surface area contributed by atoms with Gasteiger partial charge in [-0.05, 0) is 87.7 Å². The van der Waals surface area contributed by atoms with Crippen LogP contribution in [0.15, 0.2) is 52.9 Å². The molecule has 1 aliphatic rings. The molecule has 0 saturated heterocycles. The van der Waals surface area contributed by atoms with Crippen molar-refractivity contribution in [1.82, 2.24) is 19.8 Å². The maximum absolute atomic E-state index is 12.8. The van der Waals surface area contributed by atoms with Gasteiger partial charge in [-0.15, -0.1) is 11.3 Å². The summed E-state index contributed by atoms with van der Waals surface area (Å²) in [5.74, 6) is 0.684. The van der Waals surface area contributed by atoms with E-state index in [1.54, 1.807) is 17.4 Å². The van der Waals surface area contributed by atoms with E-state index in [0.29, 0.717) is 48.2 Å². The van der Waals surface area contributed by atoms with Gasteiger partial charge in [0.25, 0.3) is 0 Å². The highest BCUT2D eigenvalue weighted by atomic mass is 32.1. The fourth-order valence-electron chi connectivity index (χ4n) is 5.56. The molecule has 8 heteroatoms. The SMILES string of the molecule is Cc1c(-c2nc3cc(C=O)cc(C)c3o2)cccc1-c1cccc(-c2nc3c(s2)CN(C(=O)CN(C)C(C)C)C3)c1C. The molecule has 6 rings (SSSR count). The van der Waals surface area contributed by atoms with Crippen LogP contribution in [0.1, 0.15) is 51.5 Å². The smallest absolute Gasteiger partial charge is 0.237 e. The number of benzene rings is 3. The molecule has 0 radical (unpaired) electrons. The molecule has 0 N–H and O–H groups in total. The first-order valence-corrected chi connectivity index (χ1v) is 15.0. The Balaban J connectivity index is 1.30. The van der Waals surface area contributed by atoms with Crippen molar-refractivity contribution in [3.63, 3.8) is 0 Å². The lowest BCUT2D eigenvalue weighted by atomic mass is 9.91. The number of rotatable bonds is 7. The number of likely N-dealkylation sites (N-methyl/N-ethyl adjacent to an activating group) is 1. The molecule has 0 bridgehead atoms. The van der Waals surface area contributed by atoms with Gasteiger partial charge in [0.2, 0.25) is 11.8 Å². The highest BCUT2D eigenvalue weighted by Gasteiger charge is 2.29. The van der Waals surface area contributed by atoms with Gasteiger partial charge in [-0.25, -0.2) is 9.97 Å². The van der Waals surface area contributed by atoms with Crippen LogP contribution in [0.2, 0.25) is 0 Å². The molecule has 3 aromatic carbocycles. The van der Waals surface area contributed by atoms with Gasteiger partial charge in [-0.1, -0.05) is 30.3 Å². The Morgan fingerprint density at radius 3 is 2.33 bits per heavy atom. The van der Waals surface area contributed by atoms with E-state index in [-0.39, 0.29) is 5.91 Å². The lowest BCUT2D eigenvalue weighted by Crippen LogP contribution is -2.38. The average Bonchev–Trinajstić information content (AvgIpc) is 3.67. The zero-order valence-electron chi connectivity index (χ0n) is 24.8. The van der Waals surface area contributed by atoms with Crippen molar-refractivity contribution >= 4 is 34.6 Å². The third kappa shape index (κ3) is 4.95. The van der Waals surface area contributed by atoms with Gasteiger partial charge in [-0.2, -0.15) is 0 Å². The highest BCUT2D eigenvalue weighted by Crippen LogP contribution is 2.40. The molecule has 0 saturated carbocycles. The van der Waals surface area contributed by atoms with Gasteiger partial charge in [-0.3, -0.25) is 14.5 Å². The van der Waals surface area contributed by atoms with Crippen molar-refractivity contribution < 1.29 is 14.0 Å². The van der Waals surface area contributed by atoms with Crippen molar-refractivity contribution in [2.24, 2.45) is 0 Å². The minimum absolute atomic E-state index is 0.143. The summed E-state index contributed by atoms with van der Waals surface area (Å²) in [6.07, 6.45) is 0.835. The molecule has 1 amide bonds. The lowest BCUT2D eigenvalue weighted by Gasteiger charge is -2.23. The van der Waals surface area contributed by atoms with E-state index in [2.05, 4.69) is 56.9 Å². The monoisotopic (exact) mass is 578 g/mol. The van der Waals surface area contributed by atoms with Gasteiger partial charge in [0.05, 0.1) is 25.3 Å². The van der Waals surface area contributed by atoms with Crippen LogP contribution in [0.5, 0.6) is 0 Å². The zero-order chi connectivity index (χ0) is 29.7. The van der Waals surface area contributed by atoms with E-state index in [1.165, 1.54) is 0 Å². The van der Waals surface area contributed by atoms with Crippen molar-refractivity contribution in [1.29, 1.82) is 0 Å². The summed E-state index contributed by atoms with van der Waals surface area (Å²) in [6.45, 7) is 12.0. The molecule has 0 aliphatic carbocycles. The van der Waals surface area contributed by atoms with Gasteiger partial charge in [0.1, 0.15) is 16.8 Å². The summed E-state index contributed by atoms with van der Waals surface area (Å²) in [5, 5.41) is 0.986. The predicted octanol–water partition coefficient (Wildman–Crippen LogP) is 7.21. The quantitative estimate of drug-likeness (QED) is 0.190. The van der Waals surface area contributed by atoms with Gasteiger partial charge >= 0.3 is 0 Å². The predicted molar refractivity (Wildman–Crippen MR) is 168 cm³/mol. The van der Waals surface area contributed by atoms with Gasteiger partial charge in [0, 0.05) is 27.6 Å². The number of amides is 1. The summed E-state index contributed by atoms with van der Waals surface area (Å²) >= 11 is 1.68. The molecule has 0 unspecified atom stereocenters. The van der Waals surface area contributed by atoms with Crippen molar-refractivity contribution in [2.75, 3.05) is 13.6 Å². The second-order valence-electron chi connectivity index (χ2n) is 11.4. The standard InChI is InChI=1S/C34H34N4O3S/c1-19(2)37(6)17-31(40)38-15-29-30(16-38)42-34(36-29)27-12-8-10-25(22(27)5)24-9-7-11-26(21(24)4)33-35-28-14-23(18-39)13-20(3)32(28)41-33/h7-14,18-19H,15-17H2,1-6H3. The van der Waals surface area contributed by atoms with Crippen LogP contribution in [-0.2, 0) is 17.9 Å². The fourth-order valence-corrected chi connectivity index (χ4v) is 6.73. The molecule has 214 valence electrons. The van der Waals surface area contributed by atoms with Crippen LogP contribution in [0.4, 0.5) is 0 Å². The first-order valence-electron chi connectivity index (χ1n) is 14.2. The van der Waals surface area contributed by atoms with Crippen molar-refractivity contribution in [3.05, 3.63) is 81.4 Å². The maximum Gasteiger partial charge on any atom is 0.237 e. The number of carbonyl (C=O) groups excluding carboxylic acids is 2. The molecule has 7 nitrogen and oxygen atoms in total. The summed E-state index contributed by atoms with van der Waals surface area (Å²) in [6, 6.07) is 16.4. The third-order valence-electron chi connectivity index (χ3n) is 8.33. The topological polar surface area (TPSA) is 79.5 Å². The Hall–Kier alpha value is -4.14. The Bertz CT molecular complexity index is 1830. The maximum atomic E-state index is 12.8. The van der Waals surface area contributed by atoms with E-state index >= 15 is 0 Å². The second-order valence-corrected chi connectivity index (χ2v) is 12.5. The summed E-state index contributed by atoms with van der Waals surface area (Å²) in [4.78, 5) is 39.1. The average molecular weight is 579 g/mol. The number of fused-ring (bicyclic) bond motifs is 2.